The van der Waals surface area contributed by atoms with Crippen LogP contribution in [0.3, 0.4) is 0 Å². The Labute approximate surface area is 112 Å². The van der Waals surface area contributed by atoms with Crippen LogP contribution in [0.2, 0.25) is 0 Å². The van der Waals surface area contributed by atoms with Gasteiger partial charge < -0.3 is 14.7 Å². The fourth-order valence-corrected chi connectivity index (χ4v) is 2.14. The largest absolute Gasteiger partial charge is 0.481 e. The molecule has 1 rings (SSSR count). The summed E-state index contributed by atoms with van der Waals surface area (Å²) in [6, 6.07) is 0. The molecular formula is C12H22N2O5. The Balaban J connectivity index is 2.72. The number of piperidine rings is 1. The Morgan fingerprint density at radius 1 is 1.42 bits per heavy atom. The molecule has 1 amide bonds. The van der Waals surface area contributed by atoms with Crippen molar-refractivity contribution in [3.63, 3.8) is 0 Å². The minimum absolute atomic E-state index is 0.130. The molecule has 1 heterocycles. The highest BCUT2D eigenvalue weighted by Gasteiger charge is 2.41. The van der Waals surface area contributed by atoms with Gasteiger partial charge in [0.05, 0.1) is 13.0 Å². The number of carboxylic acids is 1. The van der Waals surface area contributed by atoms with E-state index in [0.717, 1.165) is 0 Å². The van der Waals surface area contributed by atoms with Crippen LogP contribution in [0.4, 0.5) is 4.79 Å². The smallest absolute Gasteiger partial charge is 0.410 e. The molecule has 1 aliphatic heterocycles. The first kappa shape index (κ1) is 15.7. The summed E-state index contributed by atoms with van der Waals surface area (Å²) in [4.78, 5) is 29.1. The van der Waals surface area contributed by atoms with Crippen molar-refractivity contribution >= 4 is 12.1 Å². The molecule has 7 heteroatoms. The number of carbonyl (C=O) groups excluding carboxylic acids is 1. The molecular weight excluding hydrogens is 252 g/mol. The van der Waals surface area contributed by atoms with Crippen molar-refractivity contribution in [1.29, 1.82) is 0 Å². The van der Waals surface area contributed by atoms with E-state index in [1.807, 2.05) is 0 Å². The van der Waals surface area contributed by atoms with Crippen LogP contribution in [-0.4, -0.2) is 46.4 Å². The van der Waals surface area contributed by atoms with Crippen LogP contribution in [-0.2, 0) is 14.4 Å². The first-order valence-electron chi connectivity index (χ1n) is 6.25. The second kappa shape index (κ2) is 5.75. The maximum absolute atomic E-state index is 12.0. The van der Waals surface area contributed by atoms with Crippen LogP contribution < -0.4 is 5.90 Å². The van der Waals surface area contributed by atoms with Crippen molar-refractivity contribution in [3.8, 4) is 0 Å². The highest BCUT2D eigenvalue weighted by molar-refractivity contribution is 5.70. The number of nitrogens with zero attached hydrogens (tertiary/aromatic N) is 1. The van der Waals surface area contributed by atoms with Gasteiger partial charge in [-0.25, -0.2) is 10.7 Å². The summed E-state index contributed by atoms with van der Waals surface area (Å²) in [6.45, 7) is 5.97. The Hall–Kier alpha value is -1.34. The van der Waals surface area contributed by atoms with Gasteiger partial charge in [-0.1, -0.05) is 0 Å². The van der Waals surface area contributed by atoms with Gasteiger partial charge in [0.25, 0.3) is 0 Å². The standard InChI is InChI=1S/C12H22N2O5/c1-11(2,3)18-10(17)14-6-4-5-12(8-14,19-13)7-9(15)16/h4-8,13H2,1-3H3,(H,15,16). The zero-order valence-corrected chi connectivity index (χ0v) is 11.6. The lowest BCUT2D eigenvalue weighted by atomic mass is 9.89. The fraction of sp³-hybridized carbons (Fsp3) is 0.833. The highest BCUT2D eigenvalue weighted by Crippen LogP contribution is 2.28. The van der Waals surface area contributed by atoms with Crippen molar-refractivity contribution < 1.29 is 24.3 Å². The van der Waals surface area contributed by atoms with E-state index in [-0.39, 0.29) is 13.0 Å². The zero-order valence-electron chi connectivity index (χ0n) is 11.6. The molecule has 0 bridgehead atoms. The van der Waals surface area contributed by atoms with Gasteiger partial charge in [0, 0.05) is 6.54 Å². The molecule has 0 saturated carbocycles. The number of likely N-dealkylation sites (tertiary alicyclic amines) is 1. The van der Waals surface area contributed by atoms with E-state index in [4.69, 9.17) is 20.6 Å². The van der Waals surface area contributed by atoms with Crippen molar-refractivity contribution in [2.75, 3.05) is 13.1 Å². The number of amides is 1. The first-order valence-corrected chi connectivity index (χ1v) is 6.25. The third kappa shape index (κ3) is 4.68. The van der Waals surface area contributed by atoms with E-state index >= 15 is 0 Å². The monoisotopic (exact) mass is 274 g/mol. The van der Waals surface area contributed by atoms with Gasteiger partial charge >= 0.3 is 12.1 Å². The number of hydrogen-bond donors (Lipinski definition) is 2. The van der Waals surface area contributed by atoms with Gasteiger partial charge in [0.2, 0.25) is 0 Å². The van der Waals surface area contributed by atoms with Crippen molar-refractivity contribution in [3.05, 3.63) is 0 Å². The molecule has 0 aromatic rings. The summed E-state index contributed by atoms with van der Waals surface area (Å²) in [5, 5.41) is 8.90. The Bertz CT molecular complexity index is 353. The van der Waals surface area contributed by atoms with Crippen LogP contribution in [0.15, 0.2) is 0 Å². The van der Waals surface area contributed by atoms with Gasteiger partial charge in [-0.2, -0.15) is 0 Å². The Morgan fingerprint density at radius 2 is 2.05 bits per heavy atom. The SMILES string of the molecule is CC(C)(C)OC(=O)N1CCCC(CC(=O)O)(ON)C1. The van der Waals surface area contributed by atoms with Crippen LogP contribution in [0.1, 0.15) is 40.0 Å². The second-order valence-corrected chi connectivity index (χ2v) is 5.88. The lowest BCUT2D eigenvalue weighted by molar-refractivity contribution is -0.151. The number of carboxylic acid groups (broad SMARTS) is 1. The lowest BCUT2D eigenvalue weighted by Crippen LogP contribution is -2.54. The topological polar surface area (TPSA) is 102 Å². The summed E-state index contributed by atoms with van der Waals surface area (Å²) in [7, 11) is 0. The van der Waals surface area contributed by atoms with Crippen molar-refractivity contribution in [2.24, 2.45) is 5.90 Å². The maximum atomic E-state index is 12.0. The molecule has 1 fully saturated rings. The lowest BCUT2D eigenvalue weighted by Gasteiger charge is -2.40. The minimum Gasteiger partial charge on any atom is -0.481 e. The maximum Gasteiger partial charge on any atom is 0.410 e. The molecule has 0 radical (unpaired) electrons. The molecule has 0 aromatic carbocycles. The highest BCUT2D eigenvalue weighted by atomic mass is 16.6. The molecule has 1 aliphatic rings. The molecule has 0 spiro atoms. The number of nitrogens with two attached hydrogens (primary N) is 1. The van der Waals surface area contributed by atoms with E-state index in [1.54, 1.807) is 20.8 Å². The second-order valence-electron chi connectivity index (χ2n) is 5.88. The first-order chi connectivity index (χ1) is 8.67. The fourth-order valence-electron chi connectivity index (χ4n) is 2.14. The van der Waals surface area contributed by atoms with E-state index in [2.05, 4.69) is 0 Å². The molecule has 1 atom stereocenters. The molecule has 0 aromatic heterocycles. The number of hydrogen-bond acceptors (Lipinski definition) is 5. The minimum atomic E-state index is -1.03. The van der Waals surface area contributed by atoms with Crippen LogP contribution in [0.5, 0.6) is 0 Å². The summed E-state index contributed by atoms with van der Waals surface area (Å²) < 4.78 is 5.26. The zero-order chi connectivity index (χ0) is 14.7. The molecule has 1 unspecified atom stereocenters. The third-order valence-corrected chi connectivity index (χ3v) is 2.91. The summed E-state index contributed by atoms with van der Waals surface area (Å²) in [5.41, 5.74) is -1.62. The summed E-state index contributed by atoms with van der Waals surface area (Å²) >= 11 is 0. The molecule has 3 N–H and O–H groups in total. The molecule has 0 aliphatic carbocycles. The van der Waals surface area contributed by atoms with E-state index in [9.17, 15) is 9.59 Å². The average molecular weight is 274 g/mol. The van der Waals surface area contributed by atoms with Crippen LogP contribution >= 0.6 is 0 Å². The van der Waals surface area contributed by atoms with Gasteiger partial charge in [0.15, 0.2) is 0 Å². The predicted molar refractivity (Wildman–Crippen MR) is 67.3 cm³/mol. The number of rotatable bonds is 3. The van der Waals surface area contributed by atoms with Crippen LogP contribution in [0.25, 0.3) is 0 Å². The number of aliphatic carboxylic acids is 1. The average Bonchev–Trinajstić information content (AvgIpc) is 2.26. The predicted octanol–water partition coefficient (Wildman–Crippen LogP) is 1.12. The van der Waals surface area contributed by atoms with Gasteiger partial charge in [0.1, 0.15) is 11.2 Å². The quantitative estimate of drug-likeness (QED) is 0.748. The molecule has 110 valence electrons. The van der Waals surface area contributed by atoms with E-state index in [0.29, 0.717) is 19.4 Å². The Kier molecular flexibility index (Phi) is 4.75. The molecule has 7 nitrogen and oxygen atoms in total. The number of ether oxygens (including phenoxy) is 1. The van der Waals surface area contributed by atoms with Gasteiger partial charge in [-0.3, -0.25) is 9.63 Å². The molecule has 19 heavy (non-hydrogen) atoms. The van der Waals surface area contributed by atoms with Crippen LogP contribution in [0, 0.1) is 0 Å². The van der Waals surface area contributed by atoms with E-state index in [1.165, 1.54) is 4.90 Å². The normalized spacial score (nSPS) is 24.1. The summed E-state index contributed by atoms with van der Waals surface area (Å²) in [6.07, 6.45) is 0.431. The Morgan fingerprint density at radius 3 is 2.53 bits per heavy atom. The van der Waals surface area contributed by atoms with Gasteiger partial charge in [-0.05, 0) is 33.6 Å². The van der Waals surface area contributed by atoms with Gasteiger partial charge in [-0.15, -0.1) is 0 Å². The van der Waals surface area contributed by atoms with E-state index < -0.39 is 23.3 Å². The molecule has 1 saturated heterocycles. The van der Waals surface area contributed by atoms with Crippen molar-refractivity contribution in [1.82, 2.24) is 4.90 Å². The number of carbonyl (C=O) groups is 2. The summed E-state index contributed by atoms with van der Waals surface area (Å²) in [5.74, 6) is 4.23. The van der Waals surface area contributed by atoms with Crippen molar-refractivity contribution in [2.45, 2.75) is 51.2 Å². The third-order valence-electron chi connectivity index (χ3n) is 2.91.